The summed E-state index contributed by atoms with van der Waals surface area (Å²) < 4.78 is 10.8. The van der Waals surface area contributed by atoms with Crippen molar-refractivity contribution in [2.75, 3.05) is 25.1 Å². The van der Waals surface area contributed by atoms with Gasteiger partial charge in [0.25, 0.3) is 0 Å². The molecule has 1 aliphatic rings. The third-order valence-electron chi connectivity index (χ3n) is 1.87. The SMILES string of the molecule is C[S+]([O-])CC1CCCNC1. The van der Waals surface area contributed by atoms with Crippen LogP contribution >= 0.6 is 0 Å². The first-order valence-corrected chi connectivity index (χ1v) is 5.52. The van der Waals surface area contributed by atoms with Gasteiger partial charge < -0.3 is 9.87 Å². The maximum Gasteiger partial charge on any atom is 0.109 e. The molecule has 3 heteroatoms. The smallest absolute Gasteiger partial charge is 0.109 e. The van der Waals surface area contributed by atoms with Crippen LogP contribution in [0, 0.1) is 5.92 Å². The molecule has 1 aliphatic heterocycles. The Labute approximate surface area is 65.6 Å². The van der Waals surface area contributed by atoms with Crippen LogP contribution in [-0.2, 0) is 11.2 Å². The van der Waals surface area contributed by atoms with Crippen molar-refractivity contribution in [1.29, 1.82) is 0 Å². The van der Waals surface area contributed by atoms with E-state index in [1.165, 1.54) is 12.8 Å². The molecule has 0 saturated carbocycles. The molecule has 0 aromatic carbocycles. The summed E-state index contributed by atoms with van der Waals surface area (Å²) >= 11 is -0.603. The first-order chi connectivity index (χ1) is 4.79. The van der Waals surface area contributed by atoms with Crippen LogP contribution in [0.4, 0.5) is 0 Å². The first kappa shape index (κ1) is 8.37. The summed E-state index contributed by atoms with van der Waals surface area (Å²) in [5.74, 6) is 1.55. The monoisotopic (exact) mass is 161 g/mol. The average molecular weight is 161 g/mol. The van der Waals surface area contributed by atoms with Crippen molar-refractivity contribution in [2.24, 2.45) is 5.92 Å². The zero-order valence-corrected chi connectivity index (χ0v) is 7.25. The lowest BCUT2D eigenvalue weighted by Crippen LogP contribution is -2.33. The van der Waals surface area contributed by atoms with E-state index in [0.717, 1.165) is 18.8 Å². The molecule has 0 spiro atoms. The van der Waals surface area contributed by atoms with Crippen molar-refractivity contribution in [1.82, 2.24) is 5.32 Å². The van der Waals surface area contributed by atoms with E-state index in [0.29, 0.717) is 5.92 Å². The molecule has 0 amide bonds. The van der Waals surface area contributed by atoms with Gasteiger partial charge in [0.15, 0.2) is 0 Å². The van der Waals surface area contributed by atoms with Gasteiger partial charge in [0.1, 0.15) is 5.75 Å². The minimum Gasteiger partial charge on any atom is -0.617 e. The maximum absolute atomic E-state index is 10.8. The number of hydrogen-bond donors (Lipinski definition) is 1. The van der Waals surface area contributed by atoms with E-state index in [4.69, 9.17) is 0 Å². The van der Waals surface area contributed by atoms with Gasteiger partial charge in [-0.1, -0.05) is 11.2 Å². The molecular weight excluding hydrogens is 146 g/mol. The molecule has 2 atom stereocenters. The van der Waals surface area contributed by atoms with Crippen molar-refractivity contribution < 1.29 is 4.55 Å². The Kier molecular flexibility index (Phi) is 3.52. The van der Waals surface area contributed by atoms with Crippen LogP contribution in [0.25, 0.3) is 0 Å². The second kappa shape index (κ2) is 4.21. The molecule has 0 aromatic rings. The minimum absolute atomic E-state index is 0.603. The van der Waals surface area contributed by atoms with Gasteiger partial charge in [0.05, 0.1) is 6.26 Å². The fourth-order valence-electron chi connectivity index (χ4n) is 1.40. The summed E-state index contributed by atoms with van der Waals surface area (Å²) in [5, 5.41) is 3.31. The molecule has 1 saturated heterocycles. The van der Waals surface area contributed by atoms with Gasteiger partial charge in [-0.05, 0) is 19.4 Å². The summed E-state index contributed by atoms with van der Waals surface area (Å²) in [6.07, 6.45) is 4.29. The Hall–Kier alpha value is 0.270. The van der Waals surface area contributed by atoms with Crippen molar-refractivity contribution >= 4 is 11.2 Å². The van der Waals surface area contributed by atoms with Crippen molar-refractivity contribution in [3.63, 3.8) is 0 Å². The van der Waals surface area contributed by atoms with E-state index in [2.05, 4.69) is 5.32 Å². The molecular formula is C7H15NOS. The lowest BCUT2D eigenvalue weighted by molar-refractivity contribution is 0.404. The summed E-state index contributed by atoms with van der Waals surface area (Å²) in [4.78, 5) is 0. The summed E-state index contributed by atoms with van der Waals surface area (Å²) in [5.41, 5.74) is 0. The van der Waals surface area contributed by atoms with Gasteiger partial charge >= 0.3 is 0 Å². The van der Waals surface area contributed by atoms with Crippen LogP contribution < -0.4 is 5.32 Å². The summed E-state index contributed by atoms with van der Waals surface area (Å²) in [6, 6.07) is 0. The number of piperidine rings is 1. The van der Waals surface area contributed by atoms with Crippen LogP contribution in [0.1, 0.15) is 12.8 Å². The topological polar surface area (TPSA) is 35.1 Å². The lowest BCUT2D eigenvalue weighted by atomic mass is 10.0. The normalized spacial score (nSPS) is 30.0. The summed E-state index contributed by atoms with van der Waals surface area (Å²) in [6.45, 7) is 2.21. The van der Waals surface area contributed by atoms with E-state index >= 15 is 0 Å². The van der Waals surface area contributed by atoms with Gasteiger partial charge in [-0.25, -0.2) is 0 Å². The van der Waals surface area contributed by atoms with E-state index in [9.17, 15) is 4.55 Å². The molecule has 2 nitrogen and oxygen atoms in total. The van der Waals surface area contributed by atoms with Gasteiger partial charge in [-0.2, -0.15) is 0 Å². The Morgan fingerprint density at radius 3 is 3.00 bits per heavy atom. The quantitative estimate of drug-likeness (QED) is 0.594. The Balaban J connectivity index is 2.13. The van der Waals surface area contributed by atoms with E-state index in [1.54, 1.807) is 6.26 Å². The largest absolute Gasteiger partial charge is 0.617 e. The molecule has 2 unspecified atom stereocenters. The van der Waals surface area contributed by atoms with Crippen LogP contribution in [0.3, 0.4) is 0 Å². The Morgan fingerprint density at radius 1 is 1.70 bits per heavy atom. The predicted molar refractivity (Wildman–Crippen MR) is 44.5 cm³/mol. The zero-order valence-electron chi connectivity index (χ0n) is 6.43. The molecule has 1 heterocycles. The molecule has 1 fully saturated rings. The average Bonchev–Trinajstić information content (AvgIpc) is 1.88. The van der Waals surface area contributed by atoms with Crippen LogP contribution in [-0.4, -0.2) is 29.7 Å². The third-order valence-corrected chi connectivity index (χ3v) is 2.81. The Morgan fingerprint density at radius 2 is 2.50 bits per heavy atom. The van der Waals surface area contributed by atoms with Crippen LogP contribution in [0.15, 0.2) is 0 Å². The highest BCUT2D eigenvalue weighted by Gasteiger charge is 2.16. The first-order valence-electron chi connectivity index (χ1n) is 3.80. The molecule has 0 aliphatic carbocycles. The summed E-state index contributed by atoms with van der Waals surface area (Å²) in [7, 11) is 0. The number of nitrogens with one attached hydrogen (secondary N) is 1. The van der Waals surface area contributed by atoms with Crippen LogP contribution in [0.2, 0.25) is 0 Å². The molecule has 10 heavy (non-hydrogen) atoms. The van der Waals surface area contributed by atoms with Crippen molar-refractivity contribution in [2.45, 2.75) is 12.8 Å². The van der Waals surface area contributed by atoms with E-state index in [-0.39, 0.29) is 0 Å². The molecule has 1 N–H and O–H groups in total. The predicted octanol–water partition coefficient (Wildman–Crippen LogP) is 0.365. The maximum atomic E-state index is 10.8. The molecule has 60 valence electrons. The number of hydrogen-bond acceptors (Lipinski definition) is 2. The van der Waals surface area contributed by atoms with Gasteiger partial charge in [0.2, 0.25) is 0 Å². The standard InChI is InChI=1S/C7H15NOS/c1-10(9)6-7-3-2-4-8-5-7/h7-8H,2-6H2,1H3. The highest BCUT2D eigenvalue weighted by molar-refractivity contribution is 7.90. The highest BCUT2D eigenvalue weighted by Crippen LogP contribution is 2.11. The van der Waals surface area contributed by atoms with E-state index in [1.807, 2.05) is 0 Å². The van der Waals surface area contributed by atoms with Gasteiger partial charge in [-0.15, -0.1) is 0 Å². The van der Waals surface area contributed by atoms with Crippen molar-refractivity contribution in [3.05, 3.63) is 0 Å². The zero-order chi connectivity index (χ0) is 7.40. The minimum atomic E-state index is -0.603. The van der Waals surface area contributed by atoms with E-state index < -0.39 is 11.2 Å². The molecule has 1 rings (SSSR count). The molecule has 0 radical (unpaired) electrons. The fourth-order valence-corrected chi connectivity index (χ4v) is 2.35. The van der Waals surface area contributed by atoms with Gasteiger partial charge in [0, 0.05) is 12.5 Å². The Bertz CT molecular complexity index is 91.6. The lowest BCUT2D eigenvalue weighted by Gasteiger charge is -2.22. The van der Waals surface area contributed by atoms with Gasteiger partial charge in [-0.3, -0.25) is 0 Å². The second-order valence-electron chi connectivity index (χ2n) is 2.95. The van der Waals surface area contributed by atoms with Crippen molar-refractivity contribution in [3.8, 4) is 0 Å². The number of rotatable bonds is 2. The second-order valence-corrected chi connectivity index (χ2v) is 4.43. The van der Waals surface area contributed by atoms with Crippen LogP contribution in [0.5, 0.6) is 0 Å². The highest BCUT2D eigenvalue weighted by atomic mass is 32.2. The molecule has 0 bridgehead atoms. The third kappa shape index (κ3) is 2.90. The fraction of sp³-hybridized carbons (Fsp3) is 1.00. The molecule has 0 aromatic heterocycles.